The van der Waals surface area contributed by atoms with Crippen molar-refractivity contribution in [2.75, 3.05) is 51.4 Å². The minimum Gasteiger partial charge on any atom is -0.369 e. The highest BCUT2D eigenvalue weighted by Crippen LogP contribution is 2.19. The van der Waals surface area contributed by atoms with Crippen LogP contribution in [0.25, 0.3) is 0 Å². The fourth-order valence-electron chi connectivity index (χ4n) is 3.14. The molecule has 0 bridgehead atoms. The Labute approximate surface area is 224 Å². The van der Waals surface area contributed by atoms with Gasteiger partial charge in [0.1, 0.15) is 17.7 Å². The molecule has 2 aromatic rings. The Morgan fingerprint density at radius 2 is 1.95 bits per heavy atom. The fraction of sp³-hybridized carbons (Fsp3) is 0.429. The number of hydrogen-bond acceptors (Lipinski definition) is 7. The second-order valence-corrected chi connectivity index (χ2v) is 8.97. The van der Waals surface area contributed by atoms with Crippen LogP contribution in [0.3, 0.4) is 0 Å². The van der Waals surface area contributed by atoms with Gasteiger partial charge in [-0.25, -0.2) is 9.37 Å². The molecule has 0 spiro atoms. The van der Waals surface area contributed by atoms with Gasteiger partial charge in [0.15, 0.2) is 0 Å². The molecular formula is C28H38FN7O2. The molecule has 0 aliphatic carbocycles. The van der Waals surface area contributed by atoms with Crippen molar-refractivity contribution in [2.24, 2.45) is 0 Å². The zero-order chi connectivity index (χ0) is 27.9. The first-order valence-corrected chi connectivity index (χ1v) is 12.7. The lowest BCUT2D eigenvalue weighted by Crippen LogP contribution is -2.45. The van der Waals surface area contributed by atoms with Gasteiger partial charge < -0.3 is 25.8 Å². The van der Waals surface area contributed by atoms with E-state index in [0.29, 0.717) is 49.5 Å². The number of carbonyl (C=O) groups excluding carboxylic acids is 2. The summed E-state index contributed by atoms with van der Waals surface area (Å²) in [6, 6.07) is 5.74. The molecule has 9 nitrogen and oxygen atoms in total. The van der Waals surface area contributed by atoms with Gasteiger partial charge in [0.25, 0.3) is 0 Å². The number of anilines is 3. The molecule has 0 unspecified atom stereocenters. The normalized spacial score (nSPS) is 11.6. The summed E-state index contributed by atoms with van der Waals surface area (Å²) >= 11 is 0. The Hall–Kier alpha value is -3.97. The summed E-state index contributed by atoms with van der Waals surface area (Å²) in [5.41, 5.74) is 0.929. The average molecular weight is 524 g/mol. The molecular weight excluding hydrogens is 485 g/mol. The third-order valence-electron chi connectivity index (χ3n) is 5.49. The van der Waals surface area contributed by atoms with Gasteiger partial charge in [0.2, 0.25) is 17.8 Å². The van der Waals surface area contributed by atoms with Crippen molar-refractivity contribution in [3.05, 3.63) is 54.0 Å². The van der Waals surface area contributed by atoms with E-state index in [9.17, 15) is 14.0 Å². The van der Waals surface area contributed by atoms with Crippen LogP contribution < -0.4 is 16.0 Å². The Balaban J connectivity index is 1.88. The average Bonchev–Trinajstić information content (AvgIpc) is 2.90. The van der Waals surface area contributed by atoms with E-state index >= 15 is 0 Å². The standard InChI is InChI=1S/C28H38FN7O2/c1-6-17-30-26-22(20-32-28(34-26)33-24-15-10-9-14-23(24)29)13-8-7-11-18-31-27(38)21(2)36(5)25(37)16-12-19-35(3)4/h9-10,12,14-16,20-21H,6-7,11,17-19H2,1-5H3,(H,31,38)(H2,30,32,33,34)/t21-/m0/s1. The Morgan fingerprint density at radius 3 is 2.66 bits per heavy atom. The topological polar surface area (TPSA) is 102 Å². The number of carbonyl (C=O) groups is 2. The second-order valence-electron chi connectivity index (χ2n) is 8.97. The van der Waals surface area contributed by atoms with E-state index in [2.05, 4.69) is 37.8 Å². The number of aromatic nitrogens is 2. The number of para-hydroxylation sites is 1. The van der Waals surface area contributed by atoms with Crippen LogP contribution >= 0.6 is 0 Å². The molecule has 204 valence electrons. The van der Waals surface area contributed by atoms with E-state index in [-0.39, 0.29) is 23.6 Å². The molecule has 0 saturated heterocycles. The zero-order valence-electron chi connectivity index (χ0n) is 22.8. The number of hydrogen-bond donors (Lipinski definition) is 3. The Bertz CT molecular complexity index is 1160. The number of unbranched alkanes of at least 4 members (excludes halogenated alkanes) is 1. The number of amides is 2. The van der Waals surface area contributed by atoms with Crippen LogP contribution in [-0.2, 0) is 9.59 Å². The molecule has 0 fully saturated rings. The molecule has 1 heterocycles. The second kappa shape index (κ2) is 16.0. The lowest BCUT2D eigenvalue weighted by atomic mass is 10.2. The molecule has 1 atom stereocenters. The van der Waals surface area contributed by atoms with Crippen LogP contribution in [0.2, 0.25) is 0 Å². The summed E-state index contributed by atoms with van der Waals surface area (Å²) < 4.78 is 14.0. The van der Waals surface area contributed by atoms with E-state index in [4.69, 9.17) is 0 Å². The van der Waals surface area contributed by atoms with E-state index < -0.39 is 6.04 Å². The van der Waals surface area contributed by atoms with Crippen molar-refractivity contribution in [2.45, 2.75) is 39.2 Å². The van der Waals surface area contributed by atoms with Gasteiger partial charge >= 0.3 is 0 Å². The molecule has 3 N–H and O–H groups in total. The molecule has 0 radical (unpaired) electrons. The summed E-state index contributed by atoms with van der Waals surface area (Å²) in [7, 11) is 5.44. The highest BCUT2D eigenvalue weighted by molar-refractivity contribution is 5.92. The largest absolute Gasteiger partial charge is 0.369 e. The van der Waals surface area contributed by atoms with E-state index in [1.165, 1.54) is 17.0 Å². The van der Waals surface area contributed by atoms with E-state index in [1.807, 2.05) is 25.9 Å². The van der Waals surface area contributed by atoms with Crippen LogP contribution in [0.4, 0.5) is 21.8 Å². The predicted octanol–water partition coefficient (Wildman–Crippen LogP) is 3.39. The molecule has 0 saturated carbocycles. The van der Waals surface area contributed by atoms with Gasteiger partial charge in [-0.15, -0.1) is 0 Å². The van der Waals surface area contributed by atoms with Gasteiger partial charge in [-0.3, -0.25) is 9.59 Å². The van der Waals surface area contributed by atoms with E-state index in [1.54, 1.807) is 44.4 Å². The van der Waals surface area contributed by atoms with Gasteiger partial charge in [-0.05, 0) is 46.0 Å². The molecule has 2 rings (SSSR count). The Kier molecular flexibility index (Phi) is 12.7. The molecule has 0 aliphatic rings. The first-order chi connectivity index (χ1) is 18.2. The van der Waals surface area contributed by atoms with E-state index in [0.717, 1.165) is 6.42 Å². The van der Waals surface area contributed by atoms with Gasteiger partial charge in [-0.1, -0.05) is 37.0 Å². The fourth-order valence-corrected chi connectivity index (χ4v) is 3.14. The number of benzene rings is 1. The quantitative estimate of drug-likeness (QED) is 0.210. The summed E-state index contributed by atoms with van der Waals surface area (Å²) in [5.74, 6) is 6.19. The first kappa shape index (κ1) is 30.3. The lowest BCUT2D eigenvalue weighted by molar-refractivity contribution is -0.135. The third-order valence-corrected chi connectivity index (χ3v) is 5.49. The maximum atomic E-state index is 14.0. The smallest absolute Gasteiger partial charge is 0.246 e. The maximum Gasteiger partial charge on any atom is 0.246 e. The monoisotopic (exact) mass is 523 g/mol. The summed E-state index contributed by atoms with van der Waals surface area (Å²) in [6.45, 7) is 5.54. The van der Waals surface area contributed by atoms with Gasteiger partial charge in [0.05, 0.1) is 17.4 Å². The molecule has 38 heavy (non-hydrogen) atoms. The number of rotatable bonds is 13. The molecule has 2 amide bonds. The molecule has 1 aromatic carbocycles. The highest BCUT2D eigenvalue weighted by Gasteiger charge is 2.20. The molecule has 10 heteroatoms. The van der Waals surface area contributed by atoms with Crippen LogP contribution in [0.1, 0.15) is 38.7 Å². The third kappa shape index (κ3) is 10.2. The number of likely N-dealkylation sites (N-methyl/N-ethyl adjacent to an activating group) is 2. The molecule has 0 aliphatic heterocycles. The van der Waals surface area contributed by atoms with Crippen LogP contribution in [0, 0.1) is 17.7 Å². The highest BCUT2D eigenvalue weighted by atomic mass is 19.1. The van der Waals surface area contributed by atoms with Crippen molar-refractivity contribution in [3.63, 3.8) is 0 Å². The Morgan fingerprint density at radius 1 is 1.18 bits per heavy atom. The maximum absolute atomic E-state index is 14.0. The van der Waals surface area contributed by atoms with Gasteiger partial charge in [0, 0.05) is 39.2 Å². The minimum atomic E-state index is -0.585. The predicted molar refractivity (Wildman–Crippen MR) is 150 cm³/mol. The van der Waals surface area contributed by atoms with Crippen LogP contribution in [0.15, 0.2) is 42.6 Å². The summed E-state index contributed by atoms with van der Waals surface area (Å²) in [5, 5.41) is 8.99. The van der Waals surface area contributed by atoms with Crippen molar-refractivity contribution in [1.29, 1.82) is 0 Å². The number of nitrogens with zero attached hydrogens (tertiary/aromatic N) is 4. The summed E-state index contributed by atoms with van der Waals surface area (Å²) in [4.78, 5) is 36.7. The SMILES string of the molecule is CCCNc1nc(Nc2ccccc2F)ncc1C#CCCCNC(=O)[C@H](C)N(C)C(=O)C=CCN(C)C. The lowest BCUT2D eigenvalue weighted by Gasteiger charge is -2.23. The van der Waals surface area contributed by atoms with Crippen LogP contribution in [0.5, 0.6) is 0 Å². The van der Waals surface area contributed by atoms with Gasteiger partial charge in [-0.2, -0.15) is 4.98 Å². The number of halogens is 1. The zero-order valence-corrected chi connectivity index (χ0v) is 22.8. The van der Waals surface area contributed by atoms with Crippen LogP contribution in [-0.4, -0.2) is 78.4 Å². The van der Waals surface area contributed by atoms with Crippen molar-refractivity contribution in [1.82, 2.24) is 25.1 Å². The van der Waals surface area contributed by atoms with Crippen molar-refractivity contribution in [3.8, 4) is 11.8 Å². The summed E-state index contributed by atoms with van der Waals surface area (Å²) in [6.07, 6.45) is 6.96. The minimum absolute atomic E-state index is 0.216. The molecule has 1 aromatic heterocycles. The van der Waals surface area contributed by atoms with Crippen molar-refractivity contribution >= 4 is 29.3 Å². The van der Waals surface area contributed by atoms with Crippen molar-refractivity contribution < 1.29 is 14.0 Å². The first-order valence-electron chi connectivity index (χ1n) is 12.7. The number of nitrogens with one attached hydrogen (secondary N) is 3.